The molecule has 27 heavy (non-hydrogen) atoms. The Morgan fingerprint density at radius 2 is 1.89 bits per heavy atom. The molecule has 2 amide bonds. The van der Waals surface area contributed by atoms with Crippen LogP contribution in [0.1, 0.15) is 70.0 Å². The molecular formula is C20H30N2O5. The summed E-state index contributed by atoms with van der Waals surface area (Å²) < 4.78 is 5.31. The molecule has 0 aliphatic heterocycles. The van der Waals surface area contributed by atoms with Gasteiger partial charge >= 0.3 is 12.1 Å². The summed E-state index contributed by atoms with van der Waals surface area (Å²) in [5.41, 5.74) is 6.54. The minimum atomic E-state index is -0.795. The van der Waals surface area contributed by atoms with Gasteiger partial charge in [-0.05, 0) is 57.6 Å². The fraction of sp³-hybridized carbons (Fsp3) is 0.550. The number of amides is 2. The van der Waals surface area contributed by atoms with Crippen LogP contribution in [-0.2, 0) is 20.7 Å². The normalized spacial score (nSPS) is 12.3. The zero-order valence-electron chi connectivity index (χ0n) is 16.3. The van der Waals surface area contributed by atoms with E-state index in [1.807, 2.05) is 24.3 Å². The fourth-order valence-electron chi connectivity index (χ4n) is 2.63. The van der Waals surface area contributed by atoms with Crippen molar-refractivity contribution in [2.75, 3.05) is 0 Å². The third-order valence-corrected chi connectivity index (χ3v) is 3.83. The second-order valence-electron chi connectivity index (χ2n) is 7.55. The second kappa shape index (κ2) is 10.5. The van der Waals surface area contributed by atoms with Crippen LogP contribution in [0, 0.1) is 0 Å². The number of carboxylic acid groups (broad SMARTS) is 1. The van der Waals surface area contributed by atoms with Crippen LogP contribution in [0.4, 0.5) is 4.79 Å². The first-order chi connectivity index (χ1) is 12.6. The van der Waals surface area contributed by atoms with Gasteiger partial charge in [0.25, 0.3) is 0 Å². The highest BCUT2D eigenvalue weighted by Gasteiger charge is 2.21. The molecule has 0 aromatic heterocycles. The minimum Gasteiger partial charge on any atom is -0.481 e. The zero-order valence-corrected chi connectivity index (χ0v) is 16.3. The van der Waals surface area contributed by atoms with Crippen molar-refractivity contribution in [1.29, 1.82) is 0 Å². The summed E-state index contributed by atoms with van der Waals surface area (Å²) >= 11 is 0. The average Bonchev–Trinajstić information content (AvgIpc) is 2.53. The van der Waals surface area contributed by atoms with Crippen LogP contribution >= 0.6 is 0 Å². The molecule has 0 spiro atoms. The van der Waals surface area contributed by atoms with Crippen LogP contribution in [0.5, 0.6) is 0 Å². The molecule has 1 atom stereocenters. The molecule has 1 aromatic rings. The smallest absolute Gasteiger partial charge is 0.408 e. The first-order valence-electron chi connectivity index (χ1n) is 9.15. The summed E-state index contributed by atoms with van der Waals surface area (Å²) in [5, 5.41) is 11.5. The number of benzene rings is 1. The van der Waals surface area contributed by atoms with E-state index in [9.17, 15) is 14.4 Å². The molecule has 0 fully saturated rings. The highest BCUT2D eigenvalue weighted by Crippen LogP contribution is 2.22. The molecule has 0 radical (unpaired) electrons. The molecule has 7 heteroatoms. The third kappa shape index (κ3) is 10.2. The van der Waals surface area contributed by atoms with Gasteiger partial charge in [-0.25, -0.2) is 4.79 Å². The summed E-state index contributed by atoms with van der Waals surface area (Å²) in [7, 11) is 0. The number of nitrogens with one attached hydrogen (secondary N) is 1. The highest BCUT2D eigenvalue weighted by atomic mass is 16.6. The lowest BCUT2D eigenvalue weighted by atomic mass is 9.97. The maximum Gasteiger partial charge on any atom is 0.408 e. The number of unbranched alkanes of at least 4 members (excludes halogenated alkanes) is 1. The Labute approximate surface area is 160 Å². The number of ether oxygens (including phenoxy) is 1. The van der Waals surface area contributed by atoms with E-state index in [2.05, 4.69) is 5.32 Å². The van der Waals surface area contributed by atoms with Gasteiger partial charge in [0.05, 0.1) is 6.04 Å². The molecule has 4 N–H and O–H groups in total. The Morgan fingerprint density at radius 1 is 1.19 bits per heavy atom. The van der Waals surface area contributed by atoms with E-state index >= 15 is 0 Å². The van der Waals surface area contributed by atoms with E-state index < -0.39 is 29.6 Å². The standard InChI is InChI=1S/C20H30N2O5/c1-20(2,3)27-19(26)22-16(11-12-17(21)23)15-9-6-8-14(13-15)7-4-5-10-18(24)25/h6,8-9,13,16H,4-5,7,10-12H2,1-3H3,(H2,21,23)(H,22,26)(H,24,25)/t16-/m0/s1. The largest absolute Gasteiger partial charge is 0.481 e. The number of hydrogen-bond donors (Lipinski definition) is 3. The van der Waals surface area contributed by atoms with Crippen LogP contribution in [0.2, 0.25) is 0 Å². The van der Waals surface area contributed by atoms with Crippen LogP contribution in [0.25, 0.3) is 0 Å². The molecular weight excluding hydrogens is 348 g/mol. The number of hydrogen-bond acceptors (Lipinski definition) is 4. The maximum absolute atomic E-state index is 12.1. The van der Waals surface area contributed by atoms with E-state index in [-0.39, 0.29) is 12.8 Å². The van der Waals surface area contributed by atoms with Gasteiger partial charge in [0, 0.05) is 12.8 Å². The Bertz CT molecular complexity index is 652. The quantitative estimate of drug-likeness (QED) is 0.540. The molecule has 0 saturated carbocycles. The van der Waals surface area contributed by atoms with Crippen molar-refractivity contribution in [3.05, 3.63) is 35.4 Å². The van der Waals surface area contributed by atoms with Gasteiger partial charge in [0.15, 0.2) is 0 Å². The SMILES string of the molecule is CC(C)(C)OC(=O)N[C@@H](CCC(N)=O)c1cccc(CCCCC(=O)O)c1. The molecule has 150 valence electrons. The molecule has 1 aromatic carbocycles. The van der Waals surface area contributed by atoms with E-state index in [1.54, 1.807) is 20.8 Å². The lowest BCUT2D eigenvalue weighted by Gasteiger charge is -2.24. The van der Waals surface area contributed by atoms with Gasteiger partial charge in [0.1, 0.15) is 5.60 Å². The van der Waals surface area contributed by atoms with E-state index in [0.29, 0.717) is 12.8 Å². The molecule has 7 nitrogen and oxygen atoms in total. The highest BCUT2D eigenvalue weighted by molar-refractivity contribution is 5.74. The molecule has 0 unspecified atom stereocenters. The first-order valence-corrected chi connectivity index (χ1v) is 9.15. The van der Waals surface area contributed by atoms with Crippen molar-refractivity contribution in [3.63, 3.8) is 0 Å². The Hall–Kier alpha value is -2.57. The molecule has 0 aliphatic carbocycles. The van der Waals surface area contributed by atoms with Crippen LogP contribution in [0.3, 0.4) is 0 Å². The van der Waals surface area contributed by atoms with Gasteiger partial charge < -0.3 is 20.9 Å². The number of nitrogens with two attached hydrogens (primary N) is 1. The topological polar surface area (TPSA) is 119 Å². The minimum absolute atomic E-state index is 0.142. The number of carbonyl (C=O) groups is 3. The maximum atomic E-state index is 12.1. The van der Waals surface area contributed by atoms with E-state index in [1.165, 1.54) is 0 Å². The summed E-state index contributed by atoms with van der Waals surface area (Å²) in [4.78, 5) is 33.9. The number of alkyl carbamates (subject to hydrolysis) is 1. The Morgan fingerprint density at radius 3 is 2.48 bits per heavy atom. The molecule has 1 rings (SSSR count). The predicted molar refractivity (Wildman–Crippen MR) is 102 cm³/mol. The zero-order chi connectivity index (χ0) is 20.4. The summed E-state index contributed by atoms with van der Waals surface area (Å²) in [6.45, 7) is 5.34. The third-order valence-electron chi connectivity index (χ3n) is 3.83. The van der Waals surface area contributed by atoms with Gasteiger partial charge in [0.2, 0.25) is 5.91 Å². The number of primary amides is 1. The molecule has 0 aliphatic rings. The molecule has 0 bridgehead atoms. The van der Waals surface area contributed by atoms with Crippen LogP contribution < -0.4 is 11.1 Å². The summed E-state index contributed by atoms with van der Waals surface area (Å²) in [5.74, 6) is -1.23. The number of carboxylic acids is 1. The first kappa shape index (κ1) is 22.5. The van der Waals surface area contributed by atoms with Crippen molar-refractivity contribution < 1.29 is 24.2 Å². The van der Waals surface area contributed by atoms with Crippen molar-refractivity contribution >= 4 is 18.0 Å². The van der Waals surface area contributed by atoms with E-state index in [0.717, 1.165) is 24.0 Å². The lowest BCUT2D eigenvalue weighted by molar-refractivity contribution is -0.137. The van der Waals surface area contributed by atoms with Crippen molar-refractivity contribution in [2.45, 2.75) is 70.9 Å². The average molecular weight is 378 g/mol. The van der Waals surface area contributed by atoms with Gasteiger partial charge in [-0.2, -0.15) is 0 Å². The van der Waals surface area contributed by atoms with Crippen LogP contribution in [0.15, 0.2) is 24.3 Å². The number of aryl methyl sites for hydroxylation is 1. The van der Waals surface area contributed by atoms with Crippen LogP contribution in [-0.4, -0.2) is 28.7 Å². The van der Waals surface area contributed by atoms with Gasteiger partial charge in [-0.1, -0.05) is 24.3 Å². The van der Waals surface area contributed by atoms with Gasteiger partial charge in [-0.3, -0.25) is 9.59 Å². The second-order valence-corrected chi connectivity index (χ2v) is 7.55. The number of carbonyl (C=O) groups excluding carboxylic acids is 2. The van der Waals surface area contributed by atoms with Crippen molar-refractivity contribution in [3.8, 4) is 0 Å². The Kier molecular flexibility index (Phi) is 8.78. The van der Waals surface area contributed by atoms with Crippen molar-refractivity contribution in [1.82, 2.24) is 5.32 Å². The van der Waals surface area contributed by atoms with Crippen molar-refractivity contribution in [2.24, 2.45) is 5.73 Å². The fourth-order valence-corrected chi connectivity index (χ4v) is 2.63. The molecule has 0 saturated heterocycles. The Balaban J connectivity index is 2.81. The molecule has 0 heterocycles. The predicted octanol–water partition coefficient (Wildman–Crippen LogP) is 3.32. The monoisotopic (exact) mass is 378 g/mol. The number of rotatable bonds is 10. The van der Waals surface area contributed by atoms with Gasteiger partial charge in [-0.15, -0.1) is 0 Å². The number of aliphatic carboxylic acids is 1. The van der Waals surface area contributed by atoms with E-state index in [4.69, 9.17) is 15.6 Å². The lowest BCUT2D eigenvalue weighted by Crippen LogP contribution is -2.35. The summed E-state index contributed by atoms with van der Waals surface area (Å²) in [6, 6.07) is 7.29. The summed E-state index contributed by atoms with van der Waals surface area (Å²) in [6.07, 6.45) is 2.24.